The van der Waals surface area contributed by atoms with Gasteiger partial charge in [-0.15, -0.1) is 0 Å². The quantitative estimate of drug-likeness (QED) is 0.492. The Labute approximate surface area is 128 Å². The maximum absolute atomic E-state index is 11.9. The number of hydrogen-bond acceptors (Lipinski definition) is 2. The van der Waals surface area contributed by atoms with Gasteiger partial charge in [0, 0.05) is 12.1 Å². The molecule has 0 radical (unpaired) electrons. The SMILES string of the molecule is CCCCCCCCCC(=O)Nc1cc(C)c(O)c(C)c1. The van der Waals surface area contributed by atoms with Gasteiger partial charge in [-0.05, 0) is 43.5 Å². The average Bonchev–Trinajstić information content (AvgIpc) is 2.43. The first-order valence-electron chi connectivity index (χ1n) is 8.14. The van der Waals surface area contributed by atoms with Gasteiger partial charge in [0.2, 0.25) is 5.91 Å². The topological polar surface area (TPSA) is 49.3 Å². The number of aromatic hydroxyl groups is 1. The number of hydrogen-bond donors (Lipinski definition) is 2. The summed E-state index contributed by atoms with van der Waals surface area (Å²) in [5.41, 5.74) is 2.36. The molecule has 0 atom stereocenters. The van der Waals surface area contributed by atoms with Crippen LogP contribution in [0, 0.1) is 13.8 Å². The van der Waals surface area contributed by atoms with Crippen LogP contribution in [0.15, 0.2) is 12.1 Å². The zero-order valence-electron chi connectivity index (χ0n) is 13.7. The fourth-order valence-corrected chi connectivity index (χ4v) is 2.49. The normalized spacial score (nSPS) is 10.6. The largest absolute Gasteiger partial charge is 0.507 e. The van der Waals surface area contributed by atoms with E-state index < -0.39 is 0 Å². The Bertz CT molecular complexity index is 432. The Morgan fingerprint density at radius 2 is 1.52 bits per heavy atom. The van der Waals surface area contributed by atoms with E-state index in [0.717, 1.165) is 29.7 Å². The Kier molecular flexibility index (Phi) is 7.88. The molecular weight excluding hydrogens is 262 g/mol. The molecule has 1 rings (SSSR count). The number of phenolic OH excluding ortho intramolecular Hbond substituents is 1. The number of nitrogens with one attached hydrogen (secondary N) is 1. The monoisotopic (exact) mass is 291 g/mol. The number of benzene rings is 1. The Balaban J connectivity index is 2.25. The van der Waals surface area contributed by atoms with Crippen LogP contribution in [0.4, 0.5) is 5.69 Å². The lowest BCUT2D eigenvalue weighted by Crippen LogP contribution is -2.11. The molecule has 0 saturated heterocycles. The predicted molar refractivity (Wildman–Crippen MR) is 88.8 cm³/mol. The van der Waals surface area contributed by atoms with E-state index in [0.29, 0.717) is 12.2 Å². The molecule has 1 amide bonds. The van der Waals surface area contributed by atoms with Crippen molar-refractivity contribution in [1.82, 2.24) is 0 Å². The van der Waals surface area contributed by atoms with Crippen molar-refractivity contribution < 1.29 is 9.90 Å². The summed E-state index contributed by atoms with van der Waals surface area (Å²) in [6.45, 7) is 5.90. The number of amides is 1. The molecule has 21 heavy (non-hydrogen) atoms. The summed E-state index contributed by atoms with van der Waals surface area (Å²) in [4.78, 5) is 11.9. The van der Waals surface area contributed by atoms with E-state index in [9.17, 15) is 9.90 Å². The molecular formula is C18H29NO2. The van der Waals surface area contributed by atoms with Crippen molar-refractivity contribution in [3.63, 3.8) is 0 Å². The maximum atomic E-state index is 11.9. The number of carbonyl (C=O) groups is 1. The summed E-state index contributed by atoms with van der Waals surface area (Å²) in [6.07, 6.45) is 9.07. The highest BCUT2D eigenvalue weighted by atomic mass is 16.3. The van der Waals surface area contributed by atoms with Crippen molar-refractivity contribution in [2.24, 2.45) is 0 Å². The first-order chi connectivity index (χ1) is 10.0. The van der Waals surface area contributed by atoms with Gasteiger partial charge in [0.1, 0.15) is 5.75 Å². The summed E-state index contributed by atoms with van der Waals surface area (Å²) >= 11 is 0. The second-order valence-corrected chi connectivity index (χ2v) is 5.88. The van der Waals surface area contributed by atoms with Gasteiger partial charge in [0.25, 0.3) is 0 Å². The van der Waals surface area contributed by atoms with Gasteiger partial charge < -0.3 is 10.4 Å². The summed E-state index contributed by atoms with van der Waals surface area (Å²) in [6, 6.07) is 3.62. The second-order valence-electron chi connectivity index (χ2n) is 5.88. The third kappa shape index (κ3) is 6.65. The maximum Gasteiger partial charge on any atom is 0.224 e. The second kappa shape index (κ2) is 9.43. The van der Waals surface area contributed by atoms with Crippen molar-refractivity contribution in [3.05, 3.63) is 23.3 Å². The predicted octanol–water partition coefficient (Wildman–Crippen LogP) is 5.09. The van der Waals surface area contributed by atoms with Gasteiger partial charge in [0.05, 0.1) is 0 Å². The molecule has 0 aliphatic carbocycles. The van der Waals surface area contributed by atoms with E-state index in [1.54, 1.807) is 0 Å². The molecule has 1 aromatic rings. The smallest absolute Gasteiger partial charge is 0.224 e. The molecule has 118 valence electrons. The van der Waals surface area contributed by atoms with Gasteiger partial charge in [-0.2, -0.15) is 0 Å². The first kappa shape index (κ1) is 17.5. The third-order valence-electron chi connectivity index (χ3n) is 3.78. The zero-order chi connectivity index (χ0) is 15.7. The molecule has 1 aromatic carbocycles. The highest BCUT2D eigenvalue weighted by Gasteiger charge is 2.06. The number of aryl methyl sites for hydroxylation is 2. The number of anilines is 1. The molecule has 0 aliphatic heterocycles. The highest BCUT2D eigenvalue weighted by Crippen LogP contribution is 2.25. The lowest BCUT2D eigenvalue weighted by atomic mass is 10.1. The first-order valence-corrected chi connectivity index (χ1v) is 8.14. The number of unbranched alkanes of at least 4 members (excludes halogenated alkanes) is 6. The van der Waals surface area contributed by atoms with Crippen LogP contribution < -0.4 is 5.32 Å². The van der Waals surface area contributed by atoms with Gasteiger partial charge in [-0.1, -0.05) is 45.4 Å². The van der Waals surface area contributed by atoms with Crippen LogP contribution in [-0.4, -0.2) is 11.0 Å². The molecule has 0 unspecified atom stereocenters. The number of carbonyl (C=O) groups excluding carboxylic acids is 1. The van der Waals surface area contributed by atoms with E-state index >= 15 is 0 Å². The average molecular weight is 291 g/mol. The molecule has 0 bridgehead atoms. The minimum atomic E-state index is 0.0630. The van der Waals surface area contributed by atoms with Gasteiger partial charge in [-0.3, -0.25) is 4.79 Å². The fourth-order valence-electron chi connectivity index (χ4n) is 2.49. The molecule has 0 aromatic heterocycles. The Morgan fingerprint density at radius 1 is 1.00 bits per heavy atom. The van der Waals surface area contributed by atoms with Crippen LogP contribution in [0.1, 0.15) is 69.4 Å². The van der Waals surface area contributed by atoms with Crippen LogP contribution in [0.3, 0.4) is 0 Å². The van der Waals surface area contributed by atoms with Gasteiger partial charge in [-0.25, -0.2) is 0 Å². The molecule has 2 N–H and O–H groups in total. The number of rotatable bonds is 9. The van der Waals surface area contributed by atoms with Crippen molar-refractivity contribution in [3.8, 4) is 5.75 Å². The molecule has 3 heteroatoms. The third-order valence-corrected chi connectivity index (χ3v) is 3.78. The standard InChI is InChI=1S/C18H29NO2/c1-4-5-6-7-8-9-10-11-17(20)19-16-12-14(2)18(21)15(3)13-16/h12-13,21H,4-11H2,1-3H3,(H,19,20). The summed E-state index contributed by atoms with van der Waals surface area (Å²) in [5, 5.41) is 12.6. The van der Waals surface area contributed by atoms with Crippen LogP contribution >= 0.6 is 0 Å². The molecule has 0 fully saturated rings. The van der Waals surface area contributed by atoms with E-state index in [1.807, 2.05) is 26.0 Å². The van der Waals surface area contributed by atoms with E-state index in [4.69, 9.17) is 0 Å². The van der Waals surface area contributed by atoms with Crippen molar-refractivity contribution >= 4 is 11.6 Å². The highest BCUT2D eigenvalue weighted by molar-refractivity contribution is 5.91. The zero-order valence-corrected chi connectivity index (χ0v) is 13.7. The Morgan fingerprint density at radius 3 is 2.10 bits per heavy atom. The Hall–Kier alpha value is -1.51. The lowest BCUT2D eigenvalue weighted by Gasteiger charge is -2.09. The fraction of sp³-hybridized carbons (Fsp3) is 0.611. The molecule has 0 spiro atoms. The van der Waals surface area contributed by atoms with Crippen molar-refractivity contribution in [1.29, 1.82) is 0 Å². The van der Waals surface area contributed by atoms with Crippen LogP contribution in [0.2, 0.25) is 0 Å². The molecule has 0 aliphatic rings. The minimum absolute atomic E-state index is 0.0630. The molecule has 0 heterocycles. The lowest BCUT2D eigenvalue weighted by molar-refractivity contribution is -0.116. The van der Waals surface area contributed by atoms with Gasteiger partial charge in [0.15, 0.2) is 0 Å². The van der Waals surface area contributed by atoms with Crippen molar-refractivity contribution in [2.45, 2.75) is 72.1 Å². The van der Waals surface area contributed by atoms with E-state index in [-0.39, 0.29) is 5.91 Å². The van der Waals surface area contributed by atoms with Crippen LogP contribution in [0.5, 0.6) is 5.75 Å². The van der Waals surface area contributed by atoms with E-state index in [2.05, 4.69) is 12.2 Å². The summed E-state index contributed by atoms with van der Waals surface area (Å²) < 4.78 is 0. The minimum Gasteiger partial charge on any atom is -0.507 e. The molecule has 0 saturated carbocycles. The van der Waals surface area contributed by atoms with E-state index in [1.165, 1.54) is 32.1 Å². The van der Waals surface area contributed by atoms with Gasteiger partial charge >= 0.3 is 0 Å². The summed E-state index contributed by atoms with van der Waals surface area (Å²) in [5.74, 6) is 0.369. The molecule has 3 nitrogen and oxygen atoms in total. The van der Waals surface area contributed by atoms with Crippen molar-refractivity contribution in [2.75, 3.05) is 5.32 Å². The summed E-state index contributed by atoms with van der Waals surface area (Å²) in [7, 11) is 0. The number of phenols is 1. The van der Waals surface area contributed by atoms with Crippen LogP contribution in [0.25, 0.3) is 0 Å². The van der Waals surface area contributed by atoms with Crippen LogP contribution in [-0.2, 0) is 4.79 Å².